The van der Waals surface area contributed by atoms with E-state index in [1.54, 1.807) is 25.3 Å². The van der Waals surface area contributed by atoms with E-state index in [0.717, 1.165) is 16.9 Å². The summed E-state index contributed by atoms with van der Waals surface area (Å²) in [6.45, 7) is 1.95. The van der Waals surface area contributed by atoms with Crippen LogP contribution in [0, 0.1) is 0 Å². The molecular formula is C18H19Cl2NO2. The average molecular weight is 352 g/mol. The molecule has 1 amide bonds. The van der Waals surface area contributed by atoms with Crippen LogP contribution in [0.25, 0.3) is 0 Å². The Kier molecular flexibility index (Phi) is 6.31. The molecule has 0 saturated carbocycles. The first-order chi connectivity index (χ1) is 11.0. The van der Waals surface area contributed by atoms with Crippen LogP contribution in [-0.4, -0.2) is 13.0 Å². The Morgan fingerprint density at radius 1 is 1.13 bits per heavy atom. The van der Waals surface area contributed by atoms with Gasteiger partial charge in [-0.15, -0.1) is 0 Å². The summed E-state index contributed by atoms with van der Waals surface area (Å²) in [6, 6.07) is 12.9. The number of carbonyl (C=O) groups is 1. The monoisotopic (exact) mass is 351 g/mol. The minimum Gasteiger partial charge on any atom is -0.497 e. The third-order valence-electron chi connectivity index (χ3n) is 3.66. The molecule has 0 saturated heterocycles. The van der Waals surface area contributed by atoms with Gasteiger partial charge in [-0.3, -0.25) is 4.79 Å². The number of halogens is 2. The van der Waals surface area contributed by atoms with Gasteiger partial charge < -0.3 is 10.1 Å². The second-order valence-electron chi connectivity index (χ2n) is 5.26. The summed E-state index contributed by atoms with van der Waals surface area (Å²) >= 11 is 12.2. The smallest absolute Gasteiger partial charge is 0.220 e. The number of rotatable bonds is 6. The summed E-state index contributed by atoms with van der Waals surface area (Å²) < 4.78 is 5.13. The first kappa shape index (κ1) is 17.6. The maximum absolute atomic E-state index is 12.1. The topological polar surface area (TPSA) is 38.3 Å². The number of hydrogen-bond acceptors (Lipinski definition) is 2. The van der Waals surface area contributed by atoms with E-state index in [1.807, 2.05) is 31.2 Å². The Morgan fingerprint density at radius 2 is 1.74 bits per heavy atom. The molecule has 0 aliphatic rings. The number of benzene rings is 2. The maximum Gasteiger partial charge on any atom is 0.220 e. The van der Waals surface area contributed by atoms with Gasteiger partial charge in [0.1, 0.15) is 5.75 Å². The molecular weight excluding hydrogens is 333 g/mol. The van der Waals surface area contributed by atoms with Gasteiger partial charge in [-0.1, -0.05) is 41.4 Å². The van der Waals surface area contributed by atoms with E-state index in [2.05, 4.69) is 5.32 Å². The van der Waals surface area contributed by atoms with Crippen LogP contribution in [0.4, 0.5) is 0 Å². The Bertz CT molecular complexity index is 651. The Hall–Kier alpha value is -1.71. The Morgan fingerprint density at radius 3 is 2.30 bits per heavy atom. The molecule has 0 aliphatic heterocycles. The first-order valence-electron chi connectivity index (χ1n) is 7.37. The molecule has 0 bridgehead atoms. The Balaban J connectivity index is 1.91. The van der Waals surface area contributed by atoms with Crippen molar-refractivity contribution >= 4 is 29.1 Å². The number of nitrogens with one attached hydrogen (secondary N) is 1. The highest BCUT2D eigenvalue weighted by Crippen LogP contribution is 2.25. The number of carbonyl (C=O) groups excluding carboxylic acids is 1. The molecule has 0 aromatic heterocycles. The highest BCUT2D eigenvalue weighted by molar-refractivity contribution is 6.36. The van der Waals surface area contributed by atoms with E-state index in [4.69, 9.17) is 27.9 Å². The predicted molar refractivity (Wildman–Crippen MR) is 94.3 cm³/mol. The fourth-order valence-electron chi connectivity index (χ4n) is 2.30. The van der Waals surface area contributed by atoms with Crippen molar-refractivity contribution in [3.8, 4) is 5.75 Å². The van der Waals surface area contributed by atoms with Crippen LogP contribution in [0.3, 0.4) is 0 Å². The van der Waals surface area contributed by atoms with Gasteiger partial charge >= 0.3 is 0 Å². The van der Waals surface area contributed by atoms with Crippen LogP contribution in [0.1, 0.15) is 30.5 Å². The highest BCUT2D eigenvalue weighted by atomic mass is 35.5. The second-order valence-corrected chi connectivity index (χ2v) is 6.08. The number of amides is 1. The molecule has 0 aliphatic carbocycles. The fraction of sp³-hybridized carbons (Fsp3) is 0.278. The summed E-state index contributed by atoms with van der Waals surface area (Å²) in [4.78, 5) is 12.1. The summed E-state index contributed by atoms with van der Waals surface area (Å²) in [5, 5.41) is 4.16. The molecule has 23 heavy (non-hydrogen) atoms. The van der Waals surface area contributed by atoms with Gasteiger partial charge in [-0.25, -0.2) is 0 Å². The molecule has 1 atom stereocenters. The molecule has 0 spiro atoms. The van der Waals surface area contributed by atoms with Crippen molar-refractivity contribution in [2.75, 3.05) is 7.11 Å². The maximum atomic E-state index is 12.1. The van der Waals surface area contributed by atoms with Crippen LogP contribution < -0.4 is 10.1 Å². The number of ether oxygens (including phenoxy) is 1. The van der Waals surface area contributed by atoms with Crippen molar-refractivity contribution in [2.45, 2.75) is 25.8 Å². The van der Waals surface area contributed by atoms with Crippen molar-refractivity contribution < 1.29 is 9.53 Å². The van der Waals surface area contributed by atoms with E-state index in [1.165, 1.54) is 0 Å². The van der Waals surface area contributed by atoms with E-state index in [9.17, 15) is 4.79 Å². The van der Waals surface area contributed by atoms with Gasteiger partial charge in [0.25, 0.3) is 0 Å². The third-order valence-corrected chi connectivity index (χ3v) is 4.37. The molecule has 2 aromatic rings. The zero-order valence-corrected chi connectivity index (χ0v) is 14.6. The molecule has 0 fully saturated rings. The normalized spacial score (nSPS) is 11.8. The lowest BCUT2D eigenvalue weighted by Crippen LogP contribution is -2.26. The molecule has 0 radical (unpaired) electrons. The van der Waals surface area contributed by atoms with Gasteiger partial charge in [-0.05, 0) is 48.7 Å². The summed E-state index contributed by atoms with van der Waals surface area (Å²) in [6.07, 6.45) is 0.851. The standard InChI is InChI=1S/C18H19Cl2NO2/c1-12(13-6-8-14(23-2)9-7-13)21-18(22)11-10-15-16(19)4-3-5-17(15)20/h3-9,12H,10-11H2,1-2H3,(H,21,22)/t12-/m0/s1. The molecule has 0 unspecified atom stereocenters. The summed E-state index contributed by atoms with van der Waals surface area (Å²) in [5.74, 6) is 0.755. The minimum absolute atomic E-state index is 0.0377. The third kappa shape index (κ3) is 4.88. The highest BCUT2D eigenvalue weighted by Gasteiger charge is 2.12. The zero-order chi connectivity index (χ0) is 16.8. The van der Waals surface area contributed by atoms with Gasteiger partial charge in [0.2, 0.25) is 5.91 Å². The van der Waals surface area contributed by atoms with Crippen molar-refractivity contribution in [1.29, 1.82) is 0 Å². The van der Waals surface area contributed by atoms with E-state index >= 15 is 0 Å². The van der Waals surface area contributed by atoms with Gasteiger partial charge in [0.15, 0.2) is 0 Å². The second kappa shape index (κ2) is 8.23. The van der Waals surface area contributed by atoms with Crippen LogP contribution >= 0.6 is 23.2 Å². The largest absolute Gasteiger partial charge is 0.497 e. The first-order valence-corrected chi connectivity index (χ1v) is 8.13. The van der Waals surface area contributed by atoms with Crippen LogP contribution in [0.15, 0.2) is 42.5 Å². The van der Waals surface area contributed by atoms with Gasteiger partial charge in [0, 0.05) is 16.5 Å². The van der Waals surface area contributed by atoms with Crippen LogP contribution in [-0.2, 0) is 11.2 Å². The quantitative estimate of drug-likeness (QED) is 0.810. The molecule has 1 N–H and O–H groups in total. The number of methoxy groups -OCH3 is 1. The van der Waals surface area contributed by atoms with Crippen molar-refractivity contribution in [3.05, 3.63) is 63.6 Å². The van der Waals surface area contributed by atoms with E-state index in [0.29, 0.717) is 22.9 Å². The van der Waals surface area contributed by atoms with E-state index in [-0.39, 0.29) is 11.9 Å². The lowest BCUT2D eigenvalue weighted by atomic mass is 10.1. The lowest BCUT2D eigenvalue weighted by Gasteiger charge is -2.15. The summed E-state index contributed by atoms with van der Waals surface area (Å²) in [7, 11) is 1.63. The molecule has 122 valence electrons. The van der Waals surface area contributed by atoms with Gasteiger partial charge in [0.05, 0.1) is 13.2 Å². The predicted octanol–water partition coefficient (Wildman–Crippen LogP) is 4.81. The Labute approximate surface area is 146 Å². The average Bonchev–Trinajstić information content (AvgIpc) is 2.54. The molecule has 3 nitrogen and oxygen atoms in total. The SMILES string of the molecule is COc1ccc([C@H](C)NC(=O)CCc2c(Cl)cccc2Cl)cc1. The van der Waals surface area contributed by atoms with Crippen molar-refractivity contribution in [3.63, 3.8) is 0 Å². The summed E-state index contributed by atoms with van der Waals surface area (Å²) in [5.41, 5.74) is 1.83. The molecule has 0 heterocycles. The molecule has 5 heteroatoms. The van der Waals surface area contributed by atoms with Crippen LogP contribution in [0.2, 0.25) is 10.0 Å². The molecule has 2 rings (SSSR count). The van der Waals surface area contributed by atoms with Crippen LogP contribution in [0.5, 0.6) is 5.75 Å². The lowest BCUT2D eigenvalue weighted by molar-refractivity contribution is -0.121. The zero-order valence-electron chi connectivity index (χ0n) is 13.1. The van der Waals surface area contributed by atoms with Gasteiger partial charge in [-0.2, -0.15) is 0 Å². The van der Waals surface area contributed by atoms with Crippen molar-refractivity contribution in [2.24, 2.45) is 0 Å². The van der Waals surface area contributed by atoms with Crippen molar-refractivity contribution in [1.82, 2.24) is 5.32 Å². The van der Waals surface area contributed by atoms with E-state index < -0.39 is 0 Å². The fourth-order valence-corrected chi connectivity index (χ4v) is 2.89. The molecule has 2 aromatic carbocycles. The minimum atomic E-state index is -0.0740. The number of hydrogen-bond donors (Lipinski definition) is 1.